The van der Waals surface area contributed by atoms with Crippen molar-refractivity contribution in [1.82, 2.24) is 5.32 Å². The lowest BCUT2D eigenvalue weighted by atomic mass is 10.0. The molecule has 0 radical (unpaired) electrons. The lowest BCUT2D eigenvalue weighted by molar-refractivity contribution is -0.119. The molecule has 1 aliphatic carbocycles. The zero-order valence-corrected chi connectivity index (χ0v) is 13.3. The molecule has 2 rings (SSSR count). The molecular weight excluding hydrogens is 303 g/mol. The topological polar surface area (TPSA) is 62.1 Å². The minimum atomic E-state index is -0.686. The van der Waals surface area contributed by atoms with Crippen LogP contribution in [0.5, 0.6) is 5.75 Å². The van der Waals surface area contributed by atoms with Crippen molar-refractivity contribution in [1.29, 1.82) is 5.26 Å². The number of halogens is 1. The molecule has 6 heteroatoms. The van der Waals surface area contributed by atoms with Gasteiger partial charge in [-0.3, -0.25) is 4.79 Å². The van der Waals surface area contributed by atoms with Crippen LogP contribution in [-0.4, -0.2) is 24.3 Å². The van der Waals surface area contributed by atoms with E-state index in [0.29, 0.717) is 11.5 Å². The summed E-state index contributed by atoms with van der Waals surface area (Å²) in [6, 6.07) is 6.57. The van der Waals surface area contributed by atoms with Gasteiger partial charge in [0.25, 0.3) is 0 Å². The van der Waals surface area contributed by atoms with Gasteiger partial charge in [-0.25, -0.2) is 4.39 Å². The zero-order chi connectivity index (χ0) is 16.0. The number of thioether (sulfide) groups is 1. The van der Waals surface area contributed by atoms with Gasteiger partial charge in [0.2, 0.25) is 5.91 Å². The van der Waals surface area contributed by atoms with Crippen molar-refractivity contribution >= 4 is 17.7 Å². The minimum absolute atomic E-state index is 0.149. The van der Waals surface area contributed by atoms with E-state index < -0.39 is 5.54 Å². The van der Waals surface area contributed by atoms with Crippen LogP contribution in [0, 0.1) is 17.1 Å². The highest BCUT2D eigenvalue weighted by Gasteiger charge is 2.35. The quantitative estimate of drug-likeness (QED) is 0.874. The molecule has 4 nitrogen and oxygen atoms in total. The molecule has 0 saturated heterocycles. The maximum absolute atomic E-state index is 13.3. The zero-order valence-electron chi connectivity index (χ0n) is 12.5. The lowest BCUT2D eigenvalue weighted by Crippen LogP contribution is -2.45. The smallest absolute Gasteiger partial charge is 0.231 e. The van der Waals surface area contributed by atoms with Crippen LogP contribution in [0.2, 0.25) is 0 Å². The summed E-state index contributed by atoms with van der Waals surface area (Å²) in [7, 11) is 1.53. The number of rotatable bonds is 6. The molecule has 1 N–H and O–H groups in total. The molecule has 0 atom stereocenters. The summed E-state index contributed by atoms with van der Waals surface area (Å²) < 4.78 is 18.4. The second-order valence-corrected chi connectivity index (χ2v) is 6.38. The van der Waals surface area contributed by atoms with E-state index in [1.807, 2.05) is 0 Å². The number of benzene rings is 1. The lowest BCUT2D eigenvalue weighted by Gasteiger charge is -2.21. The number of nitrogens with zero attached hydrogens (tertiary/aromatic N) is 1. The van der Waals surface area contributed by atoms with Gasteiger partial charge in [0.1, 0.15) is 17.1 Å². The van der Waals surface area contributed by atoms with Crippen molar-refractivity contribution in [2.24, 2.45) is 0 Å². The maximum atomic E-state index is 13.3. The molecular formula is C16H19FN2O2S. The van der Waals surface area contributed by atoms with Crippen molar-refractivity contribution in [3.63, 3.8) is 0 Å². The number of carbonyl (C=O) groups is 1. The first kappa shape index (κ1) is 16.6. The van der Waals surface area contributed by atoms with Gasteiger partial charge in [-0.1, -0.05) is 0 Å². The molecule has 1 saturated carbocycles. The molecule has 1 fully saturated rings. The summed E-state index contributed by atoms with van der Waals surface area (Å²) in [4.78, 5) is 12.0. The Morgan fingerprint density at radius 3 is 2.86 bits per heavy atom. The van der Waals surface area contributed by atoms with E-state index in [2.05, 4.69) is 11.4 Å². The van der Waals surface area contributed by atoms with Crippen LogP contribution < -0.4 is 10.1 Å². The molecule has 1 amide bonds. The van der Waals surface area contributed by atoms with Crippen molar-refractivity contribution in [2.45, 2.75) is 37.0 Å². The van der Waals surface area contributed by atoms with E-state index in [1.54, 1.807) is 6.07 Å². The molecule has 22 heavy (non-hydrogen) atoms. The van der Waals surface area contributed by atoms with Crippen LogP contribution in [0.25, 0.3) is 0 Å². The second-order valence-electron chi connectivity index (χ2n) is 5.40. The molecule has 0 spiro atoms. The molecule has 1 aromatic rings. The standard InChI is InChI=1S/C16H19FN2O2S/c1-21-14-5-4-13(17)8-12(14)9-22-10-15(20)19-16(11-18)6-2-3-7-16/h4-5,8H,2-3,6-7,9-10H2,1H3,(H,19,20). The SMILES string of the molecule is COc1ccc(F)cc1CSCC(=O)NC1(C#N)CCCC1. The fourth-order valence-corrected chi connectivity index (χ4v) is 3.47. The van der Waals surface area contributed by atoms with E-state index in [9.17, 15) is 14.4 Å². The Kier molecular flexibility index (Phi) is 5.67. The fourth-order valence-electron chi connectivity index (χ4n) is 2.66. The van der Waals surface area contributed by atoms with Crippen LogP contribution >= 0.6 is 11.8 Å². The van der Waals surface area contributed by atoms with Gasteiger partial charge >= 0.3 is 0 Å². The highest BCUT2D eigenvalue weighted by Crippen LogP contribution is 2.29. The Morgan fingerprint density at radius 1 is 1.50 bits per heavy atom. The van der Waals surface area contributed by atoms with E-state index >= 15 is 0 Å². The van der Waals surface area contributed by atoms with E-state index in [0.717, 1.165) is 31.2 Å². The maximum Gasteiger partial charge on any atom is 0.231 e. The number of hydrogen-bond acceptors (Lipinski definition) is 4. The molecule has 0 unspecified atom stereocenters. The number of nitrogens with one attached hydrogen (secondary N) is 1. The Morgan fingerprint density at radius 2 is 2.23 bits per heavy atom. The Labute approximate surface area is 134 Å². The third-order valence-corrected chi connectivity index (χ3v) is 4.76. The van der Waals surface area contributed by atoms with Crippen LogP contribution in [0.1, 0.15) is 31.2 Å². The molecule has 0 heterocycles. The number of nitriles is 1. The van der Waals surface area contributed by atoms with Gasteiger partial charge in [-0.05, 0) is 43.9 Å². The highest BCUT2D eigenvalue weighted by atomic mass is 32.2. The van der Waals surface area contributed by atoms with Crippen LogP contribution in [0.4, 0.5) is 4.39 Å². The first-order chi connectivity index (χ1) is 10.6. The van der Waals surface area contributed by atoms with E-state index in [-0.39, 0.29) is 17.5 Å². The van der Waals surface area contributed by atoms with Crippen LogP contribution in [-0.2, 0) is 10.5 Å². The first-order valence-electron chi connectivity index (χ1n) is 7.21. The van der Waals surface area contributed by atoms with Gasteiger partial charge in [0, 0.05) is 11.3 Å². The van der Waals surface area contributed by atoms with Gasteiger partial charge in [0.15, 0.2) is 0 Å². The van der Waals surface area contributed by atoms with E-state index in [4.69, 9.17) is 4.74 Å². The number of methoxy groups -OCH3 is 1. The second kappa shape index (κ2) is 7.50. The summed E-state index contributed by atoms with van der Waals surface area (Å²) in [5, 5.41) is 12.1. The predicted octanol–water partition coefficient (Wildman–Crippen LogP) is 3.02. The van der Waals surface area contributed by atoms with Gasteiger partial charge < -0.3 is 10.1 Å². The normalized spacial score (nSPS) is 16.0. The Hall–Kier alpha value is -1.74. The number of carbonyl (C=O) groups excluding carboxylic acids is 1. The monoisotopic (exact) mass is 322 g/mol. The van der Waals surface area contributed by atoms with Crippen molar-refractivity contribution in [3.05, 3.63) is 29.6 Å². The molecule has 0 bridgehead atoms. The van der Waals surface area contributed by atoms with Crippen molar-refractivity contribution in [3.8, 4) is 11.8 Å². The molecule has 0 aliphatic heterocycles. The van der Waals surface area contributed by atoms with Gasteiger partial charge in [-0.2, -0.15) is 5.26 Å². The summed E-state index contributed by atoms with van der Waals surface area (Å²) >= 11 is 1.38. The molecule has 0 aromatic heterocycles. The summed E-state index contributed by atoms with van der Waals surface area (Å²) in [6.45, 7) is 0. The number of amides is 1. The Bertz CT molecular complexity index is 580. The van der Waals surface area contributed by atoms with E-state index in [1.165, 1.54) is 31.0 Å². The third kappa shape index (κ3) is 4.14. The molecule has 118 valence electrons. The molecule has 1 aliphatic rings. The van der Waals surface area contributed by atoms with Crippen LogP contribution in [0.3, 0.4) is 0 Å². The first-order valence-corrected chi connectivity index (χ1v) is 8.36. The van der Waals surface area contributed by atoms with Gasteiger partial charge in [-0.15, -0.1) is 11.8 Å². The largest absolute Gasteiger partial charge is 0.496 e. The average Bonchev–Trinajstić information content (AvgIpc) is 2.96. The summed E-state index contributed by atoms with van der Waals surface area (Å²) in [5.41, 5.74) is 0.0323. The average molecular weight is 322 g/mol. The van der Waals surface area contributed by atoms with Crippen molar-refractivity contribution in [2.75, 3.05) is 12.9 Å². The number of hydrogen-bond donors (Lipinski definition) is 1. The summed E-state index contributed by atoms with van der Waals surface area (Å²) in [5.74, 6) is 0.856. The van der Waals surface area contributed by atoms with Gasteiger partial charge in [0.05, 0.1) is 18.9 Å². The summed E-state index contributed by atoms with van der Waals surface area (Å²) in [6.07, 6.45) is 3.39. The molecule has 1 aromatic carbocycles. The van der Waals surface area contributed by atoms with Crippen LogP contribution in [0.15, 0.2) is 18.2 Å². The highest BCUT2D eigenvalue weighted by molar-refractivity contribution is 7.99. The predicted molar refractivity (Wildman–Crippen MR) is 84.1 cm³/mol. The van der Waals surface area contributed by atoms with Crippen molar-refractivity contribution < 1.29 is 13.9 Å². The Balaban J connectivity index is 1.85. The number of ether oxygens (including phenoxy) is 1. The minimum Gasteiger partial charge on any atom is -0.496 e. The third-order valence-electron chi connectivity index (χ3n) is 3.78. The fraction of sp³-hybridized carbons (Fsp3) is 0.500.